The van der Waals surface area contributed by atoms with Gasteiger partial charge in [-0.25, -0.2) is 13.6 Å². The minimum Gasteiger partial charge on any atom is -0.228 e. The second kappa shape index (κ2) is 4.99. The van der Waals surface area contributed by atoms with Gasteiger partial charge >= 0.3 is 0 Å². The van der Waals surface area contributed by atoms with Gasteiger partial charge in [-0.3, -0.25) is 0 Å². The molecular weight excluding hydrogens is 185 g/mol. The predicted octanol–water partition coefficient (Wildman–Crippen LogP) is 0.0943. The Morgan fingerprint density at radius 3 is 2.08 bits per heavy atom. The van der Waals surface area contributed by atoms with Gasteiger partial charge in [0.15, 0.2) is 0 Å². The fourth-order valence-electron chi connectivity index (χ4n) is 0.807. The molecule has 1 rings (SSSR count). The van der Waals surface area contributed by atoms with Crippen molar-refractivity contribution in [1.29, 1.82) is 0 Å². The molecule has 0 aliphatic heterocycles. The zero-order valence-corrected chi connectivity index (χ0v) is 9.71. The minimum absolute atomic E-state index is 0. The molecule has 0 fully saturated rings. The molecule has 0 saturated heterocycles. The van der Waals surface area contributed by atoms with E-state index in [1.807, 2.05) is 6.07 Å². The van der Waals surface area contributed by atoms with Crippen LogP contribution in [0.25, 0.3) is 0 Å². The van der Waals surface area contributed by atoms with Crippen LogP contribution in [-0.4, -0.2) is 38.0 Å². The average Bonchev–Trinajstić information content (AvgIpc) is 1.85. The first-order chi connectivity index (χ1) is 5.08. The summed E-state index contributed by atoms with van der Waals surface area (Å²) in [5.41, 5.74) is 0.718. The molecule has 12 heavy (non-hydrogen) atoms. The van der Waals surface area contributed by atoms with Crippen LogP contribution in [0.1, 0.15) is 5.56 Å². The van der Waals surface area contributed by atoms with Gasteiger partial charge < -0.3 is 0 Å². The Balaban J connectivity index is 0.00000121. The first kappa shape index (κ1) is 12.1. The SMILES string of the molecule is NS(=O)(=O)Cc1ccccc1.[Na]. The van der Waals surface area contributed by atoms with Gasteiger partial charge in [0.2, 0.25) is 10.0 Å². The smallest absolute Gasteiger partial charge is 0.213 e. The summed E-state index contributed by atoms with van der Waals surface area (Å²) in [7, 11) is -3.38. The summed E-state index contributed by atoms with van der Waals surface area (Å²) in [6, 6.07) is 8.84. The van der Waals surface area contributed by atoms with Gasteiger partial charge in [0.1, 0.15) is 0 Å². The minimum atomic E-state index is -3.38. The number of sulfonamides is 1. The van der Waals surface area contributed by atoms with Crippen LogP contribution in [0, 0.1) is 0 Å². The van der Waals surface area contributed by atoms with Crippen molar-refractivity contribution in [3.05, 3.63) is 35.9 Å². The van der Waals surface area contributed by atoms with Crippen molar-refractivity contribution in [2.45, 2.75) is 5.75 Å². The van der Waals surface area contributed by atoms with E-state index in [9.17, 15) is 8.42 Å². The third kappa shape index (κ3) is 4.90. The predicted molar refractivity (Wildman–Crippen MR) is 49.0 cm³/mol. The van der Waals surface area contributed by atoms with Crippen molar-refractivity contribution < 1.29 is 8.42 Å². The molecule has 0 amide bonds. The van der Waals surface area contributed by atoms with Crippen LogP contribution in [0.3, 0.4) is 0 Å². The summed E-state index contributed by atoms with van der Waals surface area (Å²) in [5, 5.41) is 4.84. The first-order valence-corrected chi connectivity index (χ1v) is 4.84. The zero-order chi connectivity index (χ0) is 8.32. The van der Waals surface area contributed by atoms with E-state index >= 15 is 0 Å². The summed E-state index contributed by atoms with van der Waals surface area (Å²) in [6.07, 6.45) is 0. The monoisotopic (exact) mass is 194 g/mol. The Morgan fingerprint density at radius 2 is 1.67 bits per heavy atom. The van der Waals surface area contributed by atoms with Gasteiger partial charge in [0, 0.05) is 29.6 Å². The molecule has 0 bridgehead atoms. The average molecular weight is 194 g/mol. The second-order valence-electron chi connectivity index (χ2n) is 2.29. The Kier molecular flexibility index (Phi) is 5.04. The topological polar surface area (TPSA) is 60.2 Å². The van der Waals surface area contributed by atoms with E-state index in [1.165, 1.54) is 0 Å². The molecule has 0 aromatic heterocycles. The van der Waals surface area contributed by atoms with E-state index in [1.54, 1.807) is 24.3 Å². The Hall–Kier alpha value is 0.130. The molecule has 3 nitrogen and oxygen atoms in total. The van der Waals surface area contributed by atoms with Crippen LogP contribution in [0.2, 0.25) is 0 Å². The molecule has 0 heterocycles. The summed E-state index contributed by atoms with van der Waals surface area (Å²) < 4.78 is 21.2. The number of rotatable bonds is 2. The molecule has 0 unspecified atom stereocenters. The molecule has 0 saturated carbocycles. The molecule has 5 heteroatoms. The van der Waals surface area contributed by atoms with E-state index in [2.05, 4.69) is 0 Å². The number of benzene rings is 1. The maximum Gasteiger partial charge on any atom is 0.213 e. The molecule has 1 radical (unpaired) electrons. The van der Waals surface area contributed by atoms with Crippen LogP contribution < -0.4 is 5.14 Å². The van der Waals surface area contributed by atoms with Gasteiger partial charge in [-0.15, -0.1) is 0 Å². The summed E-state index contributed by atoms with van der Waals surface area (Å²) >= 11 is 0. The molecule has 0 aliphatic rings. The number of hydrogen-bond acceptors (Lipinski definition) is 2. The van der Waals surface area contributed by atoms with Crippen LogP contribution >= 0.6 is 0 Å². The second-order valence-corrected chi connectivity index (χ2v) is 3.91. The summed E-state index contributed by atoms with van der Waals surface area (Å²) in [6.45, 7) is 0. The van der Waals surface area contributed by atoms with Gasteiger partial charge in [-0.2, -0.15) is 0 Å². The van der Waals surface area contributed by atoms with Crippen LogP contribution in [0.15, 0.2) is 30.3 Å². The quantitative estimate of drug-likeness (QED) is 0.678. The Morgan fingerprint density at radius 1 is 1.17 bits per heavy atom. The maximum absolute atomic E-state index is 10.6. The number of hydrogen-bond donors (Lipinski definition) is 1. The standard InChI is InChI=1S/C7H9NO2S.Na/c8-11(9,10)6-7-4-2-1-3-5-7;/h1-5H,6H2,(H2,8,9,10);. The molecule has 1 aromatic carbocycles. The van der Waals surface area contributed by atoms with Crippen molar-refractivity contribution in [3.63, 3.8) is 0 Å². The largest absolute Gasteiger partial charge is 0.228 e. The fourth-order valence-corrected chi connectivity index (χ4v) is 1.46. The van der Waals surface area contributed by atoms with E-state index in [0.717, 1.165) is 5.56 Å². The molecule has 0 aliphatic carbocycles. The third-order valence-corrected chi connectivity index (χ3v) is 1.95. The zero-order valence-electron chi connectivity index (χ0n) is 6.90. The number of nitrogens with two attached hydrogens (primary N) is 1. The van der Waals surface area contributed by atoms with E-state index in [4.69, 9.17) is 5.14 Å². The van der Waals surface area contributed by atoms with Crippen molar-refractivity contribution >= 4 is 39.6 Å². The van der Waals surface area contributed by atoms with Crippen molar-refractivity contribution in [2.75, 3.05) is 0 Å². The molecule has 2 N–H and O–H groups in total. The number of primary sulfonamides is 1. The van der Waals surface area contributed by atoms with Crippen LogP contribution in [0.4, 0.5) is 0 Å². The first-order valence-electron chi connectivity index (χ1n) is 3.12. The van der Waals surface area contributed by atoms with Crippen molar-refractivity contribution in [3.8, 4) is 0 Å². The van der Waals surface area contributed by atoms with Crippen molar-refractivity contribution in [2.24, 2.45) is 5.14 Å². The maximum atomic E-state index is 10.6. The van der Waals surface area contributed by atoms with Crippen molar-refractivity contribution in [1.82, 2.24) is 0 Å². The van der Waals surface area contributed by atoms with Crippen LogP contribution in [-0.2, 0) is 15.8 Å². The molecule has 1 aromatic rings. The van der Waals surface area contributed by atoms with Crippen LogP contribution in [0.5, 0.6) is 0 Å². The van der Waals surface area contributed by atoms with Gasteiger partial charge in [-0.05, 0) is 5.56 Å². The third-order valence-electron chi connectivity index (χ3n) is 1.21. The normalized spacial score (nSPS) is 10.4. The van der Waals surface area contributed by atoms with Gasteiger partial charge in [0.05, 0.1) is 5.75 Å². The van der Waals surface area contributed by atoms with Gasteiger partial charge in [-0.1, -0.05) is 30.3 Å². The Bertz CT molecular complexity index is 323. The summed E-state index contributed by atoms with van der Waals surface area (Å²) in [4.78, 5) is 0. The molecule has 0 spiro atoms. The van der Waals surface area contributed by atoms with E-state index in [0.29, 0.717) is 0 Å². The molecule has 61 valence electrons. The molecule has 0 atom stereocenters. The van der Waals surface area contributed by atoms with Gasteiger partial charge in [0.25, 0.3) is 0 Å². The molecular formula is C7H9NNaO2S. The summed E-state index contributed by atoms with van der Waals surface area (Å²) in [5.74, 6) is -0.0894. The fraction of sp³-hybridized carbons (Fsp3) is 0.143. The van der Waals surface area contributed by atoms with E-state index < -0.39 is 10.0 Å². The van der Waals surface area contributed by atoms with E-state index in [-0.39, 0.29) is 35.3 Å². The Labute approximate surface area is 94.3 Å².